The number of fused-ring (bicyclic) bond motifs is 4. The van der Waals surface area contributed by atoms with Crippen molar-refractivity contribution in [2.24, 2.45) is 0 Å². The summed E-state index contributed by atoms with van der Waals surface area (Å²) in [6, 6.07) is 2.01. The highest BCUT2D eigenvalue weighted by Gasteiger charge is 2.49. The predicted molar refractivity (Wildman–Crippen MR) is 157 cm³/mol. The number of aromatic nitrogens is 4. The Morgan fingerprint density at radius 2 is 1.90 bits per heavy atom. The van der Waals surface area contributed by atoms with E-state index in [1.54, 1.807) is 6.20 Å². The van der Waals surface area contributed by atoms with Gasteiger partial charge in [-0.3, -0.25) is 14.7 Å². The van der Waals surface area contributed by atoms with Crippen molar-refractivity contribution in [1.29, 1.82) is 0 Å². The highest BCUT2D eigenvalue weighted by molar-refractivity contribution is 5.91. The molecular weight excluding hydrogens is 533 g/mol. The summed E-state index contributed by atoms with van der Waals surface area (Å²) >= 11 is 0. The zero-order valence-corrected chi connectivity index (χ0v) is 23.9. The van der Waals surface area contributed by atoms with Gasteiger partial charge in [-0.15, -0.1) is 0 Å². The van der Waals surface area contributed by atoms with Crippen molar-refractivity contribution in [2.45, 2.75) is 75.4 Å². The van der Waals surface area contributed by atoms with Gasteiger partial charge in [0.1, 0.15) is 23.9 Å². The van der Waals surface area contributed by atoms with Gasteiger partial charge in [-0.1, -0.05) is 6.58 Å². The molecule has 4 saturated heterocycles. The average Bonchev–Trinajstić information content (AvgIpc) is 3.68. The topological polar surface area (TPSA) is 87.6 Å². The maximum Gasteiger partial charge on any atom is 0.320 e. The van der Waals surface area contributed by atoms with Crippen molar-refractivity contribution in [1.82, 2.24) is 29.7 Å². The first kappa shape index (κ1) is 26.0. The van der Waals surface area contributed by atoms with Gasteiger partial charge in [0.15, 0.2) is 5.65 Å². The minimum atomic E-state index is -0.403. The highest BCUT2D eigenvalue weighted by Crippen LogP contribution is 2.42. The van der Waals surface area contributed by atoms with Crippen molar-refractivity contribution in [3.05, 3.63) is 48.1 Å². The molecule has 3 aromatic heterocycles. The standard InChI is InChI=1S/C32H36FN7O2/c1-2-27(41)39-14-9-25-26(39)18-40(25)30-22-15-24(33)28(23-17-34-16-20-7-3-4-8-21(20)23)35-29(22)36-31(37-30)42-19-32-10-5-12-38(32)13-6-11-32/h2,15-17,25-26H,1,3-14,18-19H2/t25-,26-/m1/s1. The number of nitrogens with zero attached hydrogens (tertiary/aromatic N) is 7. The lowest BCUT2D eigenvalue weighted by atomic mass is 9.89. The fourth-order valence-corrected chi connectivity index (χ4v) is 8.24. The van der Waals surface area contributed by atoms with E-state index in [1.165, 1.54) is 30.5 Å². The lowest BCUT2D eigenvalue weighted by molar-refractivity contribution is -0.127. The summed E-state index contributed by atoms with van der Waals surface area (Å²) in [6.45, 7) is 7.72. The minimum Gasteiger partial charge on any atom is -0.461 e. The second-order valence-corrected chi connectivity index (χ2v) is 12.6. The number of halogens is 1. The monoisotopic (exact) mass is 569 g/mol. The summed E-state index contributed by atoms with van der Waals surface area (Å²) in [5, 5.41) is 0.565. The number of hydrogen-bond donors (Lipinski definition) is 0. The molecule has 4 fully saturated rings. The van der Waals surface area contributed by atoms with Gasteiger partial charge in [-0.05, 0) is 94.1 Å². The van der Waals surface area contributed by atoms with Crippen molar-refractivity contribution in [3.8, 4) is 17.3 Å². The quantitative estimate of drug-likeness (QED) is 0.411. The Hall–Kier alpha value is -3.66. The van der Waals surface area contributed by atoms with Crippen LogP contribution in [0.3, 0.4) is 0 Å². The summed E-state index contributed by atoms with van der Waals surface area (Å²) in [5.41, 5.74) is 3.82. The Bertz CT molecular complexity index is 1580. The number of hydrogen-bond acceptors (Lipinski definition) is 8. The van der Waals surface area contributed by atoms with Crippen LogP contribution in [0.25, 0.3) is 22.3 Å². The molecule has 10 heteroatoms. The number of amides is 1. The first-order valence-electron chi connectivity index (χ1n) is 15.5. The van der Waals surface area contributed by atoms with Crippen molar-refractivity contribution < 1.29 is 13.9 Å². The maximum absolute atomic E-state index is 16.0. The van der Waals surface area contributed by atoms with Crippen LogP contribution in [-0.4, -0.2) is 86.1 Å². The van der Waals surface area contributed by atoms with Crippen molar-refractivity contribution in [2.75, 3.05) is 37.7 Å². The summed E-state index contributed by atoms with van der Waals surface area (Å²) in [5.74, 6) is 0.176. The largest absolute Gasteiger partial charge is 0.461 e. The zero-order valence-electron chi connectivity index (χ0n) is 23.9. The van der Waals surface area contributed by atoms with E-state index in [-0.39, 0.29) is 35.2 Å². The van der Waals surface area contributed by atoms with Gasteiger partial charge in [-0.2, -0.15) is 9.97 Å². The molecule has 218 valence electrons. The van der Waals surface area contributed by atoms with Crippen molar-refractivity contribution in [3.63, 3.8) is 0 Å². The summed E-state index contributed by atoms with van der Waals surface area (Å²) < 4.78 is 22.4. The van der Waals surface area contributed by atoms with Crippen LogP contribution in [0.15, 0.2) is 31.1 Å². The summed E-state index contributed by atoms with van der Waals surface area (Å²) in [6.07, 6.45) is 14.5. The summed E-state index contributed by atoms with van der Waals surface area (Å²) in [7, 11) is 0. The smallest absolute Gasteiger partial charge is 0.320 e. The fourth-order valence-electron chi connectivity index (χ4n) is 8.24. The SMILES string of the molecule is C=CC(=O)N1CC[C@@H]2[C@H]1CN2c1nc(OCC23CCCN2CCC3)nc2nc(-c3cncc4c3CCCC4)c(F)cc12. The fraction of sp³-hybridized carbons (Fsp3) is 0.531. The van der Waals surface area contributed by atoms with Crippen LogP contribution in [-0.2, 0) is 17.6 Å². The number of ether oxygens (including phenoxy) is 1. The molecule has 0 unspecified atom stereocenters. The van der Waals surface area contributed by atoms with Gasteiger partial charge in [0, 0.05) is 31.0 Å². The lowest BCUT2D eigenvalue weighted by Crippen LogP contribution is -2.63. The first-order chi connectivity index (χ1) is 20.5. The molecule has 42 heavy (non-hydrogen) atoms. The number of carbonyl (C=O) groups excluding carboxylic acids is 1. The molecule has 4 aliphatic heterocycles. The summed E-state index contributed by atoms with van der Waals surface area (Å²) in [4.78, 5) is 37.9. The van der Waals surface area contributed by atoms with Crippen LogP contribution in [0, 0.1) is 5.82 Å². The molecular formula is C32H36FN7O2. The molecule has 2 atom stereocenters. The van der Waals surface area contributed by atoms with Gasteiger partial charge < -0.3 is 14.5 Å². The van der Waals surface area contributed by atoms with E-state index in [9.17, 15) is 4.79 Å². The van der Waals surface area contributed by atoms with E-state index < -0.39 is 5.82 Å². The maximum atomic E-state index is 16.0. The third-order valence-electron chi connectivity index (χ3n) is 10.4. The van der Waals surface area contributed by atoms with Gasteiger partial charge >= 0.3 is 6.01 Å². The zero-order chi connectivity index (χ0) is 28.4. The van der Waals surface area contributed by atoms with Crippen molar-refractivity contribution >= 4 is 22.8 Å². The molecule has 0 aromatic carbocycles. The molecule has 8 rings (SSSR count). The normalized spacial score (nSPS) is 24.3. The predicted octanol–water partition coefficient (Wildman–Crippen LogP) is 4.09. The Morgan fingerprint density at radius 1 is 1.07 bits per heavy atom. The average molecular weight is 570 g/mol. The number of rotatable bonds is 6. The van der Waals surface area contributed by atoms with Crippen LogP contribution in [0.4, 0.5) is 10.2 Å². The molecule has 9 nitrogen and oxygen atoms in total. The molecule has 7 heterocycles. The number of pyridine rings is 2. The lowest BCUT2D eigenvalue weighted by Gasteiger charge is -2.47. The number of likely N-dealkylation sites (tertiary alicyclic amines) is 1. The van der Waals surface area contributed by atoms with Gasteiger partial charge in [0.05, 0.1) is 23.0 Å². The second kappa shape index (κ2) is 9.97. The van der Waals surface area contributed by atoms with Gasteiger partial charge in [0.25, 0.3) is 0 Å². The molecule has 5 aliphatic rings. The molecule has 0 radical (unpaired) electrons. The van der Waals surface area contributed by atoms with E-state index in [4.69, 9.17) is 19.7 Å². The van der Waals surface area contributed by atoms with Crippen LogP contribution in [0.2, 0.25) is 0 Å². The van der Waals surface area contributed by atoms with E-state index in [1.807, 2.05) is 11.1 Å². The van der Waals surface area contributed by atoms with Gasteiger partial charge in [0.2, 0.25) is 5.91 Å². The van der Waals surface area contributed by atoms with Gasteiger partial charge in [-0.25, -0.2) is 9.37 Å². The number of anilines is 1. The minimum absolute atomic E-state index is 0.0483. The Balaban J connectivity index is 1.19. The molecule has 1 amide bonds. The molecule has 0 N–H and O–H groups in total. The Labute approximate surface area is 244 Å². The molecule has 1 aliphatic carbocycles. The third kappa shape index (κ3) is 4.01. The second-order valence-electron chi connectivity index (χ2n) is 12.6. The third-order valence-corrected chi connectivity index (χ3v) is 10.4. The van der Waals surface area contributed by atoms with E-state index in [2.05, 4.69) is 21.4 Å². The number of carbonyl (C=O) groups is 1. The first-order valence-corrected chi connectivity index (χ1v) is 15.5. The van der Waals surface area contributed by atoms with Crippen LogP contribution in [0.1, 0.15) is 56.1 Å². The Kier molecular flexibility index (Phi) is 6.17. The molecule has 0 spiro atoms. The van der Waals surface area contributed by atoms with Crippen LogP contribution in [0.5, 0.6) is 6.01 Å². The molecule has 0 bridgehead atoms. The number of aryl methyl sites for hydroxylation is 1. The Morgan fingerprint density at radius 3 is 2.74 bits per heavy atom. The molecule has 3 aromatic rings. The molecule has 0 saturated carbocycles. The highest BCUT2D eigenvalue weighted by atomic mass is 19.1. The van der Waals surface area contributed by atoms with Crippen LogP contribution < -0.4 is 9.64 Å². The van der Waals surface area contributed by atoms with Crippen LogP contribution >= 0.6 is 0 Å². The van der Waals surface area contributed by atoms with E-state index >= 15 is 4.39 Å². The van der Waals surface area contributed by atoms with E-state index in [0.29, 0.717) is 36.5 Å². The van der Waals surface area contributed by atoms with E-state index in [0.717, 1.165) is 69.2 Å².